The standard InChI is InChI=1S/C14H11BrN4O/c15-9-3-1-2-8(6-9)12-13(18-19-14(12)16)10-7-17-5-4-11(10)20/h1-7H,(H,17,20)(H3,16,18,19). The molecular formula is C14H11BrN4O. The Labute approximate surface area is 123 Å². The number of hydrogen-bond acceptors (Lipinski definition) is 3. The van der Waals surface area contributed by atoms with Crippen molar-refractivity contribution in [1.29, 1.82) is 0 Å². The van der Waals surface area contributed by atoms with E-state index in [0.717, 1.165) is 15.6 Å². The monoisotopic (exact) mass is 330 g/mol. The molecule has 0 aliphatic carbocycles. The largest absolute Gasteiger partial charge is 0.382 e. The molecule has 0 aliphatic heterocycles. The molecule has 6 heteroatoms. The van der Waals surface area contributed by atoms with Crippen LogP contribution in [-0.2, 0) is 0 Å². The minimum absolute atomic E-state index is 0.0938. The highest BCUT2D eigenvalue weighted by Gasteiger charge is 2.16. The van der Waals surface area contributed by atoms with Crippen LogP contribution in [0.3, 0.4) is 0 Å². The van der Waals surface area contributed by atoms with Gasteiger partial charge in [0.2, 0.25) is 0 Å². The molecule has 0 saturated heterocycles. The summed E-state index contributed by atoms with van der Waals surface area (Å²) in [6.07, 6.45) is 3.22. The average molecular weight is 331 g/mol. The Hall–Kier alpha value is -2.34. The van der Waals surface area contributed by atoms with E-state index < -0.39 is 0 Å². The Kier molecular flexibility index (Phi) is 3.15. The highest BCUT2D eigenvalue weighted by Crippen LogP contribution is 2.34. The first-order valence-electron chi connectivity index (χ1n) is 5.94. The van der Waals surface area contributed by atoms with Crippen LogP contribution in [0.2, 0.25) is 0 Å². The fourth-order valence-corrected chi connectivity index (χ4v) is 2.50. The molecule has 3 aromatic rings. The summed E-state index contributed by atoms with van der Waals surface area (Å²) in [7, 11) is 0. The third-order valence-corrected chi connectivity index (χ3v) is 3.49. The number of halogens is 1. The van der Waals surface area contributed by atoms with E-state index in [4.69, 9.17) is 5.73 Å². The van der Waals surface area contributed by atoms with Crippen LogP contribution >= 0.6 is 15.9 Å². The second kappa shape index (κ2) is 4.97. The van der Waals surface area contributed by atoms with E-state index in [-0.39, 0.29) is 5.43 Å². The molecule has 4 N–H and O–H groups in total. The summed E-state index contributed by atoms with van der Waals surface area (Å²) in [4.78, 5) is 14.9. The lowest BCUT2D eigenvalue weighted by Crippen LogP contribution is -2.03. The van der Waals surface area contributed by atoms with Gasteiger partial charge in [0.1, 0.15) is 0 Å². The van der Waals surface area contributed by atoms with Gasteiger partial charge in [0, 0.05) is 22.9 Å². The molecule has 0 amide bonds. The van der Waals surface area contributed by atoms with Gasteiger partial charge in [-0.05, 0) is 17.7 Å². The fourth-order valence-electron chi connectivity index (χ4n) is 2.10. The molecule has 0 saturated carbocycles. The van der Waals surface area contributed by atoms with Crippen LogP contribution in [-0.4, -0.2) is 15.2 Å². The first kappa shape index (κ1) is 12.7. The lowest BCUT2D eigenvalue weighted by atomic mass is 10.0. The lowest BCUT2D eigenvalue weighted by Gasteiger charge is -2.04. The van der Waals surface area contributed by atoms with Gasteiger partial charge in [-0.3, -0.25) is 9.89 Å². The molecule has 2 aromatic heterocycles. The third kappa shape index (κ3) is 2.14. The first-order valence-corrected chi connectivity index (χ1v) is 6.73. The van der Waals surface area contributed by atoms with Crippen molar-refractivity contribution < 1.29 is 0 Å². The molecule has 0 bridgehead atoms. The van der Waals surface area contributed by atoms with Gasteiger partial charge >= 0.3 is 0 Å². The van der Waals surface area contributed by atoms with Gasteiger partial charge in [-0.2, -0.15) is 5.10 Å². The molecule has 3 rings (SSSR count). The Morgan fingerprint density at radius 1 is 1.25 bits per heavy atom. The van der Waals surface area contributed by atoms with Gasteiger partial charge < -0.3 is 10.7 Å². The molecule has 100 valence electrons. The SMILES string of the molecule is Nc1n[nH]c(-c2c[nH]ccc2=O)c1-c1cccc(Br)c1. The van der Waals surface area contributed by atoms with Crippen LogP contribution in [0.15, 0.2) is 52.0 Å². The smallest absolute Gasteiger partial charge is 0.190 e. The zero-order valence-electron chi connectivity index (χ0n) is 10.4. The summed E-state index contributed by atoms with van der Waals surface area (Å²) in [5.41, 5.74) is 8.58. The predicted octanol–water partition coefficient (Wildman–Crippen LogP) is 2.78. The summed E-state index contributed by atoms with van der Waals surface area (Å²) in [6, 6.07) is 9.16. The van der Waals surface area contributed by atoms with Crippen molar-refractivity contribution in [2.75, 3.05) is 5.73 Å². The van der Waals surface area contributed by atoms with Crippen LogP contribution in [0.1, 0.15) is 0 Å². The zero-order chi connectivity index (χ0) is 14.1. The van der Waals surface area contributed by atoms with Gasteiger partial charge in [-0.25, -0.2) is 0 Å². The van der Waals surface area contributed by atoms with E-state index in [9.17, 15) is 4.79 Å². The third-order valence-electron chi connectivity index (χ3n) is 3.00. The quantitative estimate of drug-likeness (QED) is 0.675. The molecule has 0 radical (unpaired) electrons. The molecule has 0 unspecified atom stereocenters. The Balaban J connectivity index is 2.26. The van der Waals surface area contributed by atoms with Crippen molar-refractivity contribution in [2.24, 2.45) is 0 Å². The number of H-pyrrole nitrogens is 2. The maximum atomic E-state index is 12.0. The van der Waals surface area contributed by atoms with E-state index in [1.54, 1.807) is 12.4 Å². The molecular weight excluding hydrogens is 320 g/mol. The number of hydrogen-bond donors (Lipinski definition) is 3. The van der Waals surface area contributed by atoms with Crippen molar-refractivity contribution in [1.82, 2.24) is 15.2 Å². The fraction of sp³-hybridized carbons (Fsp3) is 0. The number of nitrogens with one attached hydrogen (secondary N) is 2. The van der Waals surface area contributed by atoms with Gasteiger partial charge in [0.05, 0.1) is 16.8 Å². The summed E-state index contributed by atoms with van der Waals surface area (Å²) in [5.74, 6) is 0.362. The van der Waals surface area contributed by atoms with Crippen molar-refractivity contribution in [3.05, 3.63) is 57.4 Å². The number of benzene rings is 1. The van der Waals surface area contributed by atoms with Crippen molar-refractivity contribution >= 4 is 21.7 Å². The number of nitrogen functional groups attached to an aromatic ring is 1. The molecule has 0 spiro atoms. The van der Waals surface area contributed by atoms with E-state index >= 15 is 0 Å². The summed E-state index contributed by atoms with van der Waals surface area (Å²) in [6.45, 7) is 0. The van der Waals surface area contributed by atoms with E-state index in [1.165, 1.54) is 6.07 Å². The molecule has 0 aliphatic rings. The minimum Gasteiger partial charge on any atom is -0.382 e. The second-order valence-electron chi connectivity index (χ2n) is 4.29. The summed E-state index contributed by atoms with van der Waals surface area (Å²) < 4.78 is 0.934. The molecule has 2 heterocycles. The molecule has 0 fully saturated rings. The van der Waals surface area contributed by atoms with Gasteiger partial charge in [0.25, 0.3) is 0 Å². The first-order chi connectivity index (χ1) is 9.66. The lowest BCUT2D eigenvalue weighted by molar-refractivity contribution is 1.10. The molecule has 0 atom stereocenters. The van der Waals surface area contributed by atoms with Crippen molar-refractivity contribution in [2.45, 2.75) is 0 Å². The molecule has 20 heavy (non-hydrogen) atoms. The summed E-state index contributed by atoms with van der Waals surface area (Å²) >= 11 is 3.43. The van der Waals surface area contributed by atoms with Crippen LogP contribution < -0.4 is 11.2 Å². The highest BCUT2D eigenvalue weighted by atomic mass is 79.9. The van der Waals surface area contributed by atoms with E-state index in [1.807, 2.05) is 24.3 Å². The number of nitrogens with zero attached hydrogens (tertiary/aromatic N) is 1. The van der Waals surface area contributed by atoms with Gasteiger partial charge in [0.15, 0.2) is 11.2 Å². The number of nitrogens with two attached hydrogens (primary N) is 1. The number of rotatable bonds is 2. The number of aromatic nitrogens is 3. The average Bonchev–Trinajstić information content (AvgIpc) is 2.81. The maximum absolute atomic E-state index is 12.0. The van der Waals surface area contributed by atoms with Crippen LogP contribution in [0.25, 0.3) is 22.4 Å². The normalized spacial score (nSPS) is 10.7. The highest BCUT2D eigenvalue weighted by molar-refractivity contribution is 9.10. The topological polar surface area (TPSA) is 87.6 Å². The Bertz CT molecular complexity index is 822. The second-order valence-corrected chi connectivity index (χ2v) is 5.21. The number of pyridine rings is 1. The maximum Gasteiger partial charge on any atom is 0.190 e. The minimum atomic E-state index is -0.0938. The number of anilines is 1. The van der Waals surface area contributed by atoms with Crippen LogP contribution in [0.5, 0.6) is 0 Å². The molecule has 1 aromatic carbocycles. The molecule has 5 nitrogen and oxygen atoms in total. The van der Waals surface area contributed by atoms with Crippen molar-refractivity contribution in [3.63, 3.8) is 0 Å². The Morgan fingerprint density at radius 2 is 2.10 bits per heavy atom. The van der Waals surface area contributed by atoms with E-state index in [2.05, 4.69) is 31.1 Å². The van der Waals surface area contributed by atoms with Gasteiger partial charge in [-0.15, -0.1) is 0 Å². The summed E-state index contributed by atoms with van der Waals surface area (Å²) in [5, 5.41) is 6.86. The number of aromatic amines is 2. The van der Waals surface area contributed by atoms with E-state index in [0.29, 0.717) is 17.1 Å². The van der Waals surface area contributed by atoms with Crippen molar-refractivity contribution in [3.8, 4) is 22.4 Å². The Morgan fingerprint density at radius 3 is 2.85 bits per heavy atom. The van der Waals surface area contributed by atoms with Crippen LogP contribution in [0, 0.1) is 0 Å². The van der Waals surface area contributed by atoms with Crippen LogP contribution in [0.4, 0.5) is 5.82 Å². The zero-order valence-corrected chi connectivity index (χ0v) is 11.9. The predicted molar refractivity (Wildman–Crippen MR) is 82.2 cm³/mol. The van der Waals surface area contributed by atoms with Gasteiger partial charge in [-0.1, -0.05) is 28.1 Å².